The molecule has 1 aromatic carbocycles. The summed E-state index contributed by atoms with van der Waals surface area (Å²) in [6.07, 6.45) is 4.35. The minimum absolute atomic E-state index is 0.0552. The predicted octanol–water partition coefficient (Wildman–Crippen LogP) is 2.08. The number of hydrogen-bond acceptors (Lipinski definition) is 3. The number of carbonyl (C=O) groups is 1. The van der Waals surface area contributed by atoms with Gasteiger partial charge in [-0.3, -0.25) is 0 Å². The average Bonchev–Trinajstić information content (AvgIpc) is 3.06. The number of benzene rings is 1. The molecule has 6 nitrogen and oxygen atoms in total. The van der Waals surface area contributed by atoms with E-state index in [0.29, 0.717) is 12.5 Å². The van der Waals surface area contributed by atoms with E-state index in [1.54, 1.807) is 10.9 Å². The molecule has 0 aliphatic heterocycles. The fourth-order valence-electron chi connectivity index (χ4n) is 2.40. The Kier molecular flexibility index (Phi) is 6.17. The number of amides is 2. The zero-order valence-corrected chi connectivity index (χ0v) is 13.6. The molecule has 0 bridgehead atoms. The van der Waals surface area contributed by atoms with E-state index in [1.807, 2.05) is 36.5 Å². The number of nitrogens with one attached hydrogen (secondary N) is 2. The first-order chi connectivity index (χ1) is 11.1. The van der Waals surface area contributed by atoms with Gasteiger partial charge in [-0.25, -0.2) is 9.48 Å². The quantitative estimate of drug-likeness (QED) is 0.732. The number of carbonyl (C=O) groups excluding carboxylic acids is 1. The van der Waals surface area contributed by atoms with Gasteiger partial charge in [0.25, 0.3) is 0 Å². The zero-order valence-electron chi connectivity index (χ0n) is 13.6. The lowest BCUT2D eigenvalue weighted by Gasteiger charge is -2.18. The summed E-state index contributed by atoms with van der Waals surface area (Å²) in [4.78, 5) is 11.9. The van der Waals surface area contributed by atoms with Crippen LogP contribution in [0.2, 0.25) is 0 Å². The van der Waals surface area contributed by atoms with E-state index in [1.165, 1.54) is 0 Å². The minimum atomic E-state index is -0.269. The van der Waals surface area contributed by atoms with Crippen molar-refractivity contribution in [3.05, 3.63) is 48.3 Å². The van der Waals surface area contributed by atoms with Gasteiger partial charge in [-0.15, -0.1) is 0 Å². The summed E-state index contributed by atoms with van der Waals surface area (Å²) in [7, 11) is 0. The molecular formula is C17H24N4O2. The number of rotatable bonds is 7. The molecule has 1 atom stereocenters. The molecule has 0 radical (unpaired) electrons. The topological polar surface area (TPSA) is 79.2 Å². The van der Waals surface area contributed by atoms with Crippen LogP contribution < -0.4 is 10.6 Å². The summed E-state index contributed by atoms with van der Waals surface area (Å²) in [6, 6.07) is 9.19. The summed E-state index contributed by atoms with van der Waals surface area (Å²) in [6.45, 7) is 4.48. The van der Waals surface area contributed by atoms with E-state index in [2.05, 4.69) is 29.6 Å². The van der Waals surface area contributed by atoms with E-state index >= 15 is 0 Å². The van der Waals surface area contributed by atoms with E-state index in [0.717, 1.165) is 17.7 Å². The molecule has 0 aliphatic carbocycles. The summed E-state index contributed by atoms with van der Waals surface area (Å²) in [5.74, 6) is 0.415. The second-order valence-corrected chi connectivity index (χ2v) is 5.96. The minimum Gasteiger partial charge on any atom is -0.394 e. The first kappa shape index (κ1) is 17.0. The standard InChI is InChI=1S/C17H24N4O2/c1-13(2)9-15(12-22)20-17(23)18-11-14-5-3-6-16(10-14)21-8-4-7-19-21/h3-8,10,13,15,22H,9,11-12H2,1-2H3,(H2,18,20,23). The highest BCUT2D eigenvalue weighted by Gasteiger charge is 2.12. The molecule has 6 heteroatoms. The Morgan fingerprint density at radius 3 is 2.83 bits per heavy atom. The lowest BCUT2D eigenvalue weighted by atomic mass is 10.0. The summed E-state index contributed by atoms with van der Waals surface area (Å²) in [5.41, 5.74) is 1.93. The molecule has 0 aliphatic rings. The number of aliphatic hydroxyl groups excluding tert-OH is 1. The first-order valence-corrected chi connectivity index (χ1v) is 7.82. The lowest BCUT2D eigenvalue weighted by molar-refractivity contribution is 0.206. The van der Waals surface area contributed by atoms with Gasteiger partial charge in [0.05, 0.1) is 18.3 Å². The molecule has 0 fully saturated rings. The van der Waals surface area contributed by atoms with Crippen molar-refractivity contribution in [1.29, 1.82) is 0 Å². The Hall–Kier alpha value is -2.34. The van der Waals surface area contributed by atoms with Crippen molar-refractivity contribution < 1.29 is 9.90 Å². The van der Waals surface area contributed by atoms with Gasteiger partial charge in [0.15, 0.2) is 0 Å². The second-order valence-electron chi connectivity index (χ2n) is 5.96. The van der Waals surface area contributed by atoms with Crippen LogP contribution in [0.4, 0.5) is 4.79 Å². The highest BCUT2D eigenvalue weighted by Crippen LogP contribution is 2.09. The Morgan fingerprint density at radius 1 is 1.35 bits per heavy atom. The van der Waals surface area contributed by atoms with Crippen molar-refractivity contribution >= 4 is 6.03 Å². The van der Waals surface area contributed by atoms with Crippen LogP contribution in [0.5, 0.6) is 0 Å². The van der Waals surface area contributed by atoms with Gasteiger partial charge in [0, 0.05) is 18.9 Å². The average molecular weight is 316 g/mol. The molecule has 124 valence electrons. The monoisotopic (exact) mass is 316 g/mol. The number of nitrogens with zero attached hydrogens (tertiary/aromatic N) is 2. The fraction of sp³-hybridized carbons (Fsp3) is 0.412. The van der Waals surface area contributed by atoms with Crippen LogP contribution in [0, 0.1) is 5.92 Å². The SMILES string of the molecule is CC(C)CC(CO)NC(=O)NCc1cccc(-n2cccn2)c1. The van der Waals surface area contributed by atoms with Gasteiger partial charge < -0.3 is 15.7 Å². The molecular weight excluding hydrogens is 292 g/mol. The zero-order chi connectivity index (χ0) is 16.7. The maximum Gasteiger partial charge on any atom is 0.315 e. The number of aromatic nitrogens is 2. The molecule has 23 heavy (non-hydrogen) atoms. The molecule has 0 spiro atoms. The first-order valence-electron chi connectivity index (χ1n) is 7.82. The van der Waals surface area contributed by atoms with Gasteiger partial charge >= 0.3 is 6.03 Å². The van der Waals surface area contributed by atoms with Crippen LogP contribution in [-0.4, -0.2) is 33.6 Å². The smallest absolute Gasteiger partial charge is 0.315 e. The molecule has 2 aromatic rings. The fourth-order valence-corrected chi connectivity index (χ4v) is 2.40. The van der Waals surface area contributed by atoms with E-state index in [4.69, 9.17) is 0 Å². The summed E-state index contributed by atoms with van der Waals surface area (Å²) >= 11 is 0. The largest absolute Gasteiger partial charge is 0.394 e. The molecule has 2 amide bonds. The van der Waals surface area contributed by atoms with Crippen molar-refractivity contribution in [1.82, 2.24) is 20.4 Å². The Morgan fingerprint density at radius 2 is 2.17 bits per heavy atom. The van der Waals surface area contributed by atoms with Crippen LogP contribution in [-0.2, 0) is 6.54 Å². The van der Waals surface area contributed by atoms with Gasteiger partial charge in [-0.05, 0) is 36.1 Å². The van der Waals surface area contributed by atoms with Crippen molar-refractivity contribution in [2.24, 2.45) is 5.92 Å². The van der Waals surface area contributed by atoms with E-state index < -0.39 is 0 Å². The van der Waals surface area contributed by atoms with E-state index in [9.17, 15) is 9.90 Å². The molecule has 1 aromatic heterocycles. The molecule has 2 rings (SSSR count). The van der Waals surface area contributed by atoms with Crippen molar-refractivity contribution in [2.75, 3.05) is 6.61 Å². The third-order valence-electron chi connectivity index (χ3n) is 3.44. The van der Waals surface area contributed by atoms with Gasteiger partial charge in [0.2, 0.25) is 0 Å². The van der Waals surface area contributed by atoms with Gasteiger partial charge in [-0.1, -0.05) is 26.0 Å². The maximum absolute atomic E-state index is 11.9. The van der Waals surface area contributed by atoms with E-state index in [-0.39, 0.29) is 18.7 Å². The van der Waals surface area contributed by atoms with Crippen LogP contribution in [0.1, 0.15) is 25.8 Å². The Balaban J connectivity index is 1.88. The van der Waals surface area contributed by atoms with Gasteiger partial charge in [0.1, 0.15) is 0 Å². The Bertz CT molecular complexity index is 611. The highest BCUT2D eigenvalue weighted by atomic mass is 16.3. The maximum atomic E-state index is 11.9. The number of urea groups is 1. The predicted molar refractivity (Wildman–Crippen MR) is 89.3 cm³/mol. The van der Waals surface area contributed by atoms with Crippen molar-refractivity contribution in [3.8, 4) is 5.69 Å². The highest BCUT2D eigenvalue weighted by molar-refractivity contribution is 5.74. The summed E-state index contributed by atoms with van der Waals surface area (Å²) in [5, 5.41) is 19.1. The molecule has 1 heterocycles. The molecule has 3 N–H and O–H groups in total. The number of aliphatic hydroxyl groups is 1. The normalized spacial score (nSPS) is 12.2. The van der Waals surface area contributed by atoms with Crippen molar-refractivity contribution in [2.45, 2.75) is 32.9 Å². The third-order valence-corrected chi connectivity index (χ3v) is 3.44. The lowest BCUT2D eigenvalue weighted by Crippen LogP contribution is -2.44. The molecule has 0 saturated carbocycles. The van der Waals surface area contributed by atoms with Crippen LogP contribution >= 0.6 is 0 Å². The summed E-state index contributed by atoms with van der Waals surface area (Å²) < 4.78 is 1.77. The molecule has 1 unspecified atom stereocenters. The Labute approximate surface area is 136 Å². The second kappa shape index (κ2) is 8.33. The number of hydrogen-bond donors (Lipinski definition) is 3. The molecule has 0 saturated heterocycles. The van der Waals surface area contributed by atoms with Gasteiger partial charge in [-0.2, -0.15) is 5.10 Å². The van der Waals surface area contributed by atoms with Crippen LogP contribution in [0.3, 0.4) is 0 Å². The third kappa shape index (κ3) is 5.41. The van der Waals surface area contributed by atoms with Crippen molar-refractivity contribution in [3.63, 3.8) is 0 Å². The van der Waals surface area contributed by atoms with Crippen LogP contribution in [0.15, 0.2) is 42.7 Å². The van der Waals surface area contributed by atoms with Crippen LogP contribution in [0.25, 0.3) is 5.69 Å².